The van der Waals surface area contributed by atoms with E-state index in [-0.39, 0.29) is 18.6 Å². The summed E-state index contributed by atoms with van der Waals surface area (Å²) in [6.45, 7) is 8.15. The third kappa shape index (κ3) is 4.17. The van der Waals surface area contributed by atoms with Crippen LogP contribution in [0.25, 0.3) is 22.3 Å². The molecule has 2 aromatic heterocycles. The Kier molecular flexibility index (Phi) is 6.36. The van der Waals surface area contributed by atoms with Gasteiger partial charge >= 0.3 is 5.97 Å². The van der Waals surface area contributed by atoms with Crippen LogP contribution in [0.15, 0.2) is 65.5 Å². The second kappa shape index (κ2) is 9.74. The minimum Gasteiger partial charge on any atom is -0.458 e. The Morgan fingerprint density at radius 3 is 2.56 bits per heavy atom. The van der Waals surface area contributed by atoms with Gasteiger partial charge in [0.2, 0.25) is 0 Å². The van der Waals surface area contributed by atoms with E-state index in [1.807, 2.05) is 24.3 Å². The Morgan fingerprint density at radius 2 is 1.82 bits per heavy atom. The summed E-state index contributed by atoms with van der Waals surface area (Å²) >= 11 is 0. The fourth-order valence-electron chi connectivity index (χ4n) is 5.99. The van der Waals surface area contributed by atoms with E-state index in [1.54, 1.807) is 17.6 Å². The molecule has 4 heterocycles. The van der Waals surface area contributed by atoms with Crippen molar-refractivity contribution in [2.45, 2.75) is 65.0 Å². The summed E-state index contributed by atoms with van der Waals surface area (Å²) in [6.07, 6.45) is 0.927. The number of aromatic nitrogens is 2. The summed E-state index contributed by atoms with van der Waals surface area (Å²) in [5, 5.41) is 12.3. The molecule has 2 aliphatic rings. The number of carbonyl (C=O) groups is 1. The third-order valence-electron chi connectivity index (χ3n) is 8.32. The zero-order chi connectivity index (χ0) is 27.3. The molecule has 2 aliphatic heterocycles. The van der Waals surface area contributed by atoms with Crippen LogP contribution in [0.2, 0.25) is 0 Å². The van der Waals surface area contributed by atoms with E-state index in [0.717, 1.165) is 41.7 Å². The summed E-state index contributed by atoms with van der Waals surface area (Å²) in [5.74, 6) is -0.709. The van der Waals surface area contributed by atoms with Crippen molar-refractivity contribution in [3.8, 4) is 11.4 Å². The van der Waals surface area contributed by atoms with E-state index < -0.39 is 11.6 Å². The average molecular weight is 524 g/mol. The topological polar surface area (TPSA) is 84.7 Å². The predicted octanol–water partition coefficient (Wildman–Crippen LogP) is 4.53. The van der Waals surface area contributed by atoms with Gasteiger partial charge in [0.1, 0.15) is 6.61 Å². The number of pyridine rings is 2. The normalized spacial score (nSPS) is 17.8. The number of carbonyl (C=O) groups excluding carboxylic acids is 1. The molecule has 0 amide bonds. The number of para-hydroxylation sites is 1. The lowest BCUT2D eigenvalue weighted by atomic mass is 9.86. The minimum atomic E-state index is -1.83. The van der Waals surface area contributed by atoms with Crippen molar-refractivity contribution < 1.29 is 14.6 Å². The molecule has 1 atom stereocenters. The second-order valence-corrected chi connectivity index (χ2v) is 10.8. The van der Waals surface area contributed by atoms with E-state index in [0.29, 0.717) is 29.4 Å². The summed E-state index contributed by atoms with van der Waals surface area (Å²) in [7, 11) is 0. The number of hydrogen-bond acceptors (Lipinski definition) is 6. The molecule has 4 aromatic rings. The Hall–Kier alpha value is -3.81. The van der Waals surface area contributed by atoms with Crippen LogP contribution < -0.4 is 5.56 Å². The summed E-state index contributed by atoms with van der Waals surface area (Å²) in [4.78, 5) is 33.7. The molecule has 0 spiro atoms. The second-order valence-electron chi connectivity index (χ2n) is 10.8. The standard InChI is InChI=1S/C32H33N3O4/c1-4-32(38)26-16-28-29-24(18-35(28)30(36)25(26)19-39-31(32)37)22(23-12-8-9-13-27(23)33-29)14-15-34(20(2)3)17-21-10-6-5-7-11-21/h5-13,16,20,38H,4,14-15,17-19H2,1-3H3/t32-/m0/s1. The van der Waals surface area contributed by atoms with Gasteiger partial charge in [0.25, 0.3) is 5.56 Å². The summed E-state index contributed by atoms with van der Waals surface area (Å²) in [6, 6.07) is 20.8. The zero-order valence-electron chi connectivity index (χ0n) is 22.6. The van der Waals surface area contributed by atoms with Gasteiger partial charge in [0.05, 0.1) is 29.0 Å². The number of fused-ring (bicyclic) bond motifs is 5. The highest BCUT2D eigenvalue weighted by Gasteiger charge is 2.45. The lowest BCUT2D eigenvalue weighted by Gasteiger charge is -2.31. The van der Waals surface area contributed by atoms with Crippen molar-refractivity contribution in [3.05, 3.63) is 98.8 Å². The Morgan fingerprint density at radius 1 is 1.08 bits per heavy atom. The minimum absolute atomic E-state index is 0.122. The predicted molar refractivity (Wildman–Crippen MR) is 150 cm³/mol. The molecule has 0 unspecified atom stereocenters. The first kappa shape index (κ1) is 25.5. The maximum absolute atomic E-state index is 13.7. The fraction of sp³-hybridized carbons (Fsp3) is 0.344. The highest BCUT2D eigenvalue weighted by molar-refractivity contribution is 5.89. The first-order chi connectivity index (χ1) is 18.8. The molecule has 200 valence electrons. The molecule has 2 aromatic carbocycles. The zero-order valence-corrected chi connectivity index (χ0v) is 22.6. The molecule has 0 saturated heterocycles. The monoisotopic (exact) mass is 523 g/mol. The van der Waals surface area contributed by atoms with Crippen LogP contribution in [0.4, 0.5) is 0 Å². The molecule has 0 saturated carbocycles. The molecule has 39 heavy (non-hydrogen) atoms. The lowest BCUT2D eigenvalue weighted by Crippen LogP contribution is -2.44. The largest absolute Gasteiger partial charge is 0.458 e. The first-order valence-electron chi connectivity index (χ1n) is 13.7. The molecule has 0 radical (unpaired) electrons. The van der Waals surface area contributed by atoms with Crippen molar-refractivity contribution in [1.82, 2.24) is 14.5 Å². The van der Waals surface area contributed by atoms with Gasteiger partial charge in [0, 0.05) is 35.6 Å². The van der Waals surface area contributed by atoms with Gasteiger partial charge in [-0.1, -0.05) is 55.5 Å². The number of benzene rings is 2. The van der Waals surface area contributed by atoms with Crippen LogP contribution in [0.5, 0.6) is 0 Å². The molecule has 0 bridgehead atoms. The van der Waals surface area contributed by atoms with Crippen LogP contribution in [0.1, 0.15) is 55.0 Å². The Labute approximate surface area is 227 Å². The number of nitrogens with zero attached hydrogens (tertiary/aromatic N) is 3. The van der Waals surface area contributed by atoms with Crippen molar-refractivity contribution >= 4 is 16.9 Å². The Balaban J connectivity index is 1.45. The van der Waals surface area contributed by atoms with Gasteiger partial charge in [0.15, 0.2) is 5.60 Å². The number of aliphatic hydroxyl groups is 1. The highest BCUT2D eigenvalue weighted by Crippen LogP contribution is 2.40. The van der Waals surface area contributed by atoms with Gasteiger partial charge in [-0.05, 0) is 49.9 Å². The maximum atomic E-state index is 13.7. The van der Waals surface area contributed by atoms with Crippen LogP contribution in [0, 0.1) is 0 Å². The summed E-state index contributed by atoms with van der Waals surface area (Å²) < 4.78 is 6.95. The lowest BCUT2D eigenvalue weighted by molar-refractivity contribution is -0.172. The highest BCUT2D eigenvalue weighted by atomic mass is 16.6. The number of ether oxygens (including phenoxy) is 1. The van der Waals surface area contributed by atoms with Crippen LogP contribution >= 0.6 is 0 Å². The maximum Gasteiger partial charge on any atom is 0.343 e. The van der Waals surface area contributed by atoms with E-state index in [4.69, 9.17) is 9.72 Å². The van der Waals surface area contributed by atoms with Gasteiger partial charge in [-0.2, -0.15) is 0 Å². The number of cyclic esters (lactones) is 1. The van der Waals surface area contributed by atoms with E-state index in [1.165, 1.54) is 11.1 Å². The third-order valence-corrected chi connectivity index (χ3v) is 8.32. The van der Waals surface area contributed by atoms with Gasteiger partial charge in [-0.15, -0.1) is 0 Å². The van der Waals surface area contributed by atoms with Crippen molar-refractivity contribution in [1.29, 1.82) is 0 Å². The number of rotatable bonds is 7. The van der Waals surface area contributed by atoms with Crippen molar-refractivity contribution in [2.75, 3.05) is 6.54 Å². The van der Waals surface area contributed by atoms with Gasteiger partial charge < -0.3 is 14.4 Å². The van der Waals surface area contributed by atoms with Crippen molar-refractivity contribution in [2.24, 2.45) is 0 Å². The molecule has 0 aliphatic carbocycles. The van der Waals surface area contributed by atoms with E-state index in [2.05, 4.69) is 49.1 Å². The molecule has 7 nitrogen and oxygen atoms in total. The number of hydrogen-bond donors (Lipinski definition) is 1. The molecule has 6 rings (SSSR count). The van der Waals surface area contributed by atoms with Crippen molar-refractivity contribution in [3.63, 3.8) is 0 Å². The van der Waals surface area contributed by atoms with Gasteiger partial charge in [-0.25, -0.2) is 9.78 Å². The Bertz CT molecular complexity index is 1640. The average Bonchev–Trinajstić information content (AvgIpc) is 3.31. The molecule has 7 heteroatoms. The van der Waals surface area contributed by atoms with Crippen LogP contribution in [0.3, 0.4) is 0 Å². The molecular weight excluding hydrogens is 490 g/mol. The fourth-order valence-corrected chi connectivity index (χ4v) is 5.99. The van der Waals surface area contributed by atoms with Crippen LogP contribution in [-0.2, 0) is 41.2 Å². The molecule has 1 N–H and O–H groups in total. The quantitative estimate of drug-likeness (QED) is 0.316. The van der Waals surface area contributed by atoms with Crippen LogP contribution in [-0.4, -0.2) is 38.1 Å². The molecular formula is C32H33N3O4. The smallest absolute Gasteiger partial charge is 0.343 e. The SMILES string of the molecule is CC[C@@]1(O)C(=O)OCc2c1cc1n(c2=O)Cc2c-1nc1ccccc1c2CCN(Cc1ccccc1)C(C)C. The first-order valence-corrected chi connectivity index (χ1v) is 13.7. The van der Waals surface area contributed by atoms with Gasteiger partial charge in [-0.3, -0.25) is 9.69 Å². The summed E-state index contributed by atoms with van der Waals surface area (Å²) in [5.41, 5.74) is 4.38. The molecule has 0 fully saturated rings. The van der Waals surface area contributed by atoms with E-state index in [9.17, 15) is 14.7 Å². The number of esters is 1. The van der Waals surface area contributed by atoms with E-state index >= 15 is 0 Å².